The number of likely N-dealkylation sites (tertiary alicyclic amines) is 1. The van der Waals surface area contributed by atoms with Gasteiger partial charge in [0.1, 0.15) is 0 Å². The number of hydrogen-bond donors (Lipinski definition) is 4. The molecule has 0 radical (unpaired) electrons. The Hall–Kier alpha value is -0.980. The van der Waals surface area contributed by atoms with Crippen LogP contribution >= 0.6 is 0 Å². The molecule has 2 rings (SSSR count). The van der Waals surface area contributed by atoms with E-state index in [1.54, 1.807) is 0 Å². The molecule has 0 bridgehead atoms. The highest BCUT2D eigenvalue weighted by Gasteiger charge is 2.48. The highest BCUT2D eigenvalue weighted by atomic mass is 16.3. The molecule has 0 saturated carbocycles. The molecule has 5 heteroatoms. The van der Waals surface area contributed by atoms with Crippen molar-refractivity contribution in [2.45, 2.75) is 43.7 Å². The Labute approximate surface area is 119 Å². The first kappa shape index (κ1) is 15.4. The van der Waals surface area contributed by atoms with E-state index in [-0.39, 0.29) is 25.3 Å². The lowest BCUT2D eigenvalue weighted by atomic mass is 10.0. The minimum Gasteiger partial charge on any atom is -0.396 e. The van der Waals surface area contributed by atoms with Gasteiger partial charge in [0.25, 0.3) is 0 Å². The van der Waals surface area contributed by atoms with Crippen LogP contribution in [-0.4, -0.2) is 62.8 Å². The molecule has 1 aliphatic rings. The molecule has 1 saturated heterocycles. The van der Waals surface area contributed by atoms with Gasteiger partial charge in [-0.05, 0) is 18.9 Å². The molecule has 20 heavy (non-hydrogen) atoms. The van der Waals surface area contributed by atoms with Crippen molar-refractivity contribution in [2.24, 2.45) is 0 Å². The smallest absolute Gasteiger partial charge is 0.0991 e. The number of benzene rings is 1. The molecule has 112 valence electrons. The molecule has 0 spiro atoms. The Bertz CT molecular complexity index is 414. The van der Waals surface area contributed by atoms with Gasteiger partial charge in [-0.15, -0.1) is 0 Å². The average molecular weight is 281 g/mol. The van der Waals surface area contributed by atoms with Crippen LogP contribution < -0.4 is 0 Å². The van der Waals surface area contributed by atoms with Gasteiger partial charge in [0.2, 0.25) is 0 Å². The van der Waals surface area contributed by atoms with Crippen molar-refractivity contribution in [2.75, 3.05) is 13.2 Å². The Balaban J connectivity index is 2.29. The van der Waals surface area contributed by atoms with Crippen molar-refractivity contribution < 1.29 is 20.4 Å². The maximum atomic E-state index is 10.1. The molecule has 0 amide bonds. The lowest BCUT2D eigenvalue weighted by Gasteiger charge is -2.35. The van der Waals surface area contributed by atoms with Crippen molar-refractivity contribution in [3.05, 3.63) is 35.9 Å². The quantitative estimate of drug-likeness (QED) is 0.605. The summed E-state index contributed by atoms with van der Waals surface area (Å²) in [6, 6.07) is 8.82. The number of hydrogen-bond acceptors (Lipinski definition) is 5. The van der Waals surface area contributed by atoms with Crippen LogP contribution in [0.5, 0.6) is 0 Å². The first-order chi connectivity index (χ1) is 9.61. The van der Waals surface area contributed by atoms with Crippen molar-refractivity contribution in [1.29, 1.82) is 0 Å². The second kappa shape index (κ2) is 6.65. The van der Waals surface area contributed by atoms with Crippen LogP contribution in [0.15, 0.2) is 30.3 Å². The molecule has 1 aromatic carbocycles. The summed E-state index contributed by atoms with van der Waals surface area (Å²) in [5.41, 5.74) is 1.05. The molecule has 4 N–H and O–H groups in total. The summed E-state index contributed by atoms with van der Waals surface area (Å²) in [4.78, 5) is 1.92. The Morgan fingerprint density at radius 1 is 1.05 bits per heavy atom. The molecular formula is C15H23NO4. The van der Waals surface area contributed by atoms with Crippen LogP contribution in [0, 0.1) is 0 Å². The van der Waals surface area contributed by atoms with Gasteiger partial charge < -0.3 is 20.4 Å². The van der Waals surface area contributed by atoms with E-state index in [4.69, 9.17) is 0 Å². The van der Waals surface area contributed by atoms with E-state index >= 15 is 0 Å². The fraction of sp³-hybridized carbons (Fsp3) is 0.600. The van der Waals surface area contributed by atoms with E-state index in [9.17, 15) is 20.4 Å². The van der Waals surface area contributed by atoms with Crippen molar-refractivity contribution in [3.8, 4) is 0 Å². The van der Waals surface area contributed by atoms with Gasteiger partial charge in [-0.1, -0.05) is 30.3 Å². The number of aliphatic hydroxyl groups is 4. The van der Waals surface area contributed by atoms with Gasteiger partial charge in [-0.25, -0.2) is 0 Å². The van der Waals surface area contributed by atoms with Crippen molar-refractivity contribution in [3.63, 3.8) is 0 Å². The fourth-order valence-corrected chi connectivity index (χ4v) is 3.19. The Morgan fingerprint density at radius 2 is 1.65 bits per heavy atom. The standard InChI is InChI=1S/C15H23NO4/c1-10(11-5-3-2-4-6-11)16-12(7-8-17)14(19)15(20)13(16)9-18/h2-6,10,12-15,17-20H,7-9H2,1H3/t10-,12-,13+,14+,15-/m0/s1. The lowest BCUT2D eigenvalue weighted by molar-refractivity contribution is 0.0157. The summed E-state index contributed by atoms with van der Waals surface area (Å²) in [5.74, 6) is 0. The summed E-state index contributed by atoms with van der Waals surface area (Å²) in [5, 5.41) is 38.9. The summed E-state index contributed by atoms with van der Waals surface area (Å²) < 4.78 is 0. The first-order valence-corrected chi connectivity index (χ1v) is 7.02. The largest absolute Gasteiger partial charge is 0.396 e. The minimum atomic E-state index is -0.997. The van der Waals surface area contributed by atoms with E-state index in [0.717, 1.165) is 5.56 Å². The summed E-state index contributed by atoms with van der Waals surface area (Å²) in [7, 11) is 0. The van der Waals surface area contributed by atoms with Gasteiger partial charge in [-0.2, -0.15) is 0 Å². The Kier molecular flexibility index (Phi) is 5.12. The van der Waals surface area contributed by atoms with Crippen LogP contribution in [0.4, 0.5) is 0 Å². The molecule has 5 atom stereocenters. The number of nitrogens with zero attached hydrogens (tertiary/aromatic N) is 1. The predicted octanol–water partition coefficient (Wildman–Crippen LogP) is -0.103. The van der Waals surface area contributed by atoms with Gasteiger partial charge >= 0.3 is 0 Å². The second-order valence-electron chi connectivity index (χ2n) is 5.34. The van der Waals surface area contributed by atoms with Crippen LogP contribution in [0.25, 0.3) is 0 Å². The van der Waals surface area contributed by atoms with Crippen LogP contribution in [0.2, 0.25) is 0 Å². The van der Waals surface area contributed by atoms with Crippen LogP contribution in [-0.2, 0) is 0 Å². The number of rotatable bonds is 5. The SMILES string of the molecule is C[C@@H](c1ccccc1)N1[C@H](CO)[C@H](O)[C@H](O)[C@@H]1CCO. The van der Waals surface area contributed by atoms with E-state index in [1.165, 1.54) is 0 Å². The zero-order valence-corrected chi connectivity index (χ0v) is 11.6. The summed E-state index contributed by atoms with van der Waals surface area (Å²) in [6.45, 7) is 1.69. The van der Waals surface area contributed by atoms with E-state index in [1.807, 2.05) is 42.2 Å². The van der Waals surface area contributed by atoms with E-state index in [2.05, 4.69) is 0 Å². The van der Waals surface area contributed by atoms with Crippen LogP contribution in [0.1, 0.15) is 24.9 Å². The number of aliphatic hydroxyl groups excluding tert-OH is 4. The summed E-state index contributed by atoms with van der Waals surface area (Å²) >= 11 is 0. The highest BCUT2D eigenvalue weighted by Crippen LogP contribution is 2.35. The molecule has 1 aromatic rings. The maximum absolute atomic E-state index is 10.1. The van der Waals surface area contributed by atoms with Crippen molar-refractivity contribution in [1.82, 2.24) is 4.90 Å². The zero-order chi connectivity index (χ0) is 14.7. The topological polar surface area (TPSA) is 84.2 Å². The normalized spacial score (nSPS) is 32.5. The third-order valence-corrected chi connectivity index (χ3v) is 4.25. The molecule has 1 fully saturated rings. The van der Waals surface area contributed by atoms with Gasteiger partial charge in [0.15, 0.2) is 0 Å². The summed E-state index contributed by atoms with van der Waals surface area (Å²) in [6.07, 6.45) is -1.58. The second-order valence-corrected chi connectivity index (χ2v) is 5.34. The van der Waals surface area contributed by atoms with Gasteiger partial charge in [0, 0.05) is 18.7 Å². The van der Waals surface area contributed by atoms with Gasteiger partial charge in [-0.3, -0.25) is 4.90 Å². The molecule has 0 unspecified atom stereocenters. The lowest BCUT2D eigenvalue weighted by Crippen LogP contribution is -2.43. The fourth-order valence-electron chi connectivity index (χ4n) is 3.19. The molecular weight excluding hydrogens is 258 g/mol. The van der Waals surface area contributed by atoms with E-state index in [0.29, 0.717) is 6.42 Å². The molecule has 0 aromatic heterocycles. The monoisotopic (exact) mass is 281 g/mol. The predicted molar refractivity (Wildman–Crippen MR) is 75.1 cm³/mol. The van der Waals surface area contributed by atoms with Gasteiger partial charge in [0.05, 0.1) is 24.9 Å². The maximum Gasteiger partial charge on any atom is 0.0991 e. The highest BCUT2D eigenvalue weighted by molar-refractivity contribution is 5.20. The first-order valence-electron chi connectivity index (χ1n) is 7.02. The molecule has 1 aliphatic heterocycles. The minimum absolute atomic E-state index is 0.0586. The molecule has 5 nitrogen and oxygen atoms in total. The zero-order valence-electron chi connectivity index (χ0n) is 11.6. The molecule has 1 heterocycles. The third-order valence-electron chi connectivity index (χ3n) is 4.25. The third kappa shape index (κ3) is 2.73. The Morgan fingerprint density at radius 3 is 2.20 bits per heavy atom. The average Bonchev–Trinajstić information content (AvgIpc) is 2.72. The van der Waals surface area contributed by atoms with E-state index < -0.39 is 18.2 Å². The molecule has 0 aliphatic carbocycles. The van der Waals surface area contributed by atoms with Crippen molar-refractivity contribution >= 4 is 0 Å². The van der Waals surface area contributed by atoms with Crippen LogP contribution in [0.3, 0.4) is 0 Å².